The van der Waals surface area contributed by atoms with Crippen LogP contribution in [0.15, 0.2) is 24.3 Å². The van der Waals surface area contributed by atoms with Crippen LogP contribution < -0.4 is 10.1 Å². The van der Waals surface area contributed by atoms with Crippen LogP contribution in [0.3, 0.4) is 0 Å². The smallest absolute Gasteiger partial charge is 0.207 e. The highest BCUT2D eigenvalue weighted by Gasteiger charge is 1.93. The molecule has 0 fully saturated rings. The van der Waals surface area contributed by atoms with E-state index in [-0.39, 0.29) is 0 Å². The van der Waals surface area contributed by atoms with E-state index in [2.05, 4.69) is 5.32 Å². The van der Waals surface area contributed by atoms with E-state index >= 15 is 0 Å². The molecule has 1 aromatic rings. The molecule has 1 rings (SSSR count). The van der Waals surface area contributed by atoms with Crippen LogP contribution in [0.4, 0.5) is 0 Å². The number of carbonyl (C=O) groups excluding carboxylic acids is 1. The molecule has 1 amide bonds. The Morgan fingerprint density at radius 1 is 1.38 bits per heavy atom. The third kappa shape index (κ3) is 3.15. The molecule has 0 aromatic heterocycles. The van der Waals surface area contributed by atoms with Crippen LogP contribution in [0.2, 0.25) is 0 Å². The van der Waals surface area contributed by atoms with E-state index in [1.54, 1.807) is 0 Å². The summed E-state index contributed by atoms with van der Waals surface area (Å²) in [5.74, 6) is 0.859. The number of hydrogen-bond donors (Lipinski definition) is 1. The van der Waals surface area contributed by atoms with Gasteiger partial charge >= 0.3 is 0 Å². The summed E-state index contributed by atoms with van der Waals surface area (Å²) in [5, 5.41) is 2.59. The van der Waals surface area contributed by atoms with Crippen LogP contribution in [0.1, 0.15) is 12.5 Å². The molecule has 70 valence electrons. The van der Waals surface area contributed by atoms with Crippen molar-refractivity contribution in [3.8, 4) is 5.75 Å². The number of hydrogen-bond acceptors (Lipinski definition) is 2. The highest BCUT2D eigenvalue weighted by Crippen LogP contribution is 2.11. The van der Waals surface area contributed by atoms with Crippen LogP contribution >= 0.6 is 0 Å². The standard InChI is InChI=1S/C10H13NO2/c1-2-13-10-5-3-9(4-6-10)7-11-8-12/h3-6,8H,2,7H2,1H3,(H,11,12). The average Bonchev–Trinajstić information content (AvgIpc) is 2.17. The highest BCUT2D eigenvalue weighted by molar-refractivity contribution is 5.46. The van der Waals surface area contributed by atoms with Crippen molar-refractivity contribution in [3.63, 3.8) is 0 Å². The third-order valence-corrected chi connectivity index (χ3v) is 1.62. The summed E-state index contributed by atoms with van der Waals surface area (Å²) in [6.45, 7) is 3.18. The van der Waals surface area contributed by atoms with Crippen molar-refractivity contribution in [3.05, 3.63) is 29.8 Å². The number of amides is 1. The van der Waals surface area contributed by atoms with E-state index in [0.717, 1.165) is 11.3 Å². The fraction of sp³-hybridized carbons (Fsp3) is 0.300. The quantitative estimate of drug-likeness (QED) is 0.692. The Kier molecular flexibility index (Phi) is 3.82. The lowest BCUT2D eigenvalue weighted by Gasteiger charge is -2.03. The van der Waals surface area contributed by atoms with Crippen molar-refractivity contribution in [2.24, 2.45) is 0 Å². The molecule has 0 radical (unpaired) electrons. The molecule has 0 heterocycles. The molecule has 0 aliphatic carbocycles. The van der Waals surface area contributed by atoms with Gasteiger partial charge in [-0.05, 0) is 24.6 Å². The summed E-state index contributed by atoms with van der Waals surface area (Å²) in [7, 11) is 0. The van der Waals surface area contributed by atoms with Crippen molar-refractivity contribution >= 4 is 6.41 Å². The fourth-order valence-electron chi connectivity index (χ4n) is 1.03. The van der Waals surface area contributed by atoms with Crippen molar-refractivity contribution in [2.75, 3.05) is 6.61 Å². The number of ether oxygens (including phenoxy) is 1. The van der Waals surface area contributed by atoms with Crippen LogP contribution in [0.25, 0.3) is 0 Å². The Hall–Kier alpha value is -1.51. The van der Waals surface area contributed by atoms with Gasteiger partial charge in [0.05, 0.1) is 6.61 Å². The predicted octanol–water partition coefficient (Wildman–Crippen LogP) is 1.33. The molecular weight excluding hydrogens is 166 g/mol. The lowest BCUT2D eigenvalue weighted by atomic mass is 10.2. The lowest BCUT2D eigenvalue weighted by Crippen LogP contribution is -2.09. The number of rotatable bonds is 5. The normalized spacial score (nSPS) is 9.31. The van der Waals surface area contributed by atoms with Gasteiger partial charge in [-0.2, -0.15) is 0 Å². The topological polar surface area (TPSA) is 38.3 Å². The second-order valence-electron chi connectivity index (χ2n) is 2.58. The largest absolute Gasteiger partial charge is 0.494 e. The van der Waals surface area contributed by atoms with E-state index in [1.807, 2.05) is 31.2 Å². The molecule has 0 aliphatic heterocycles. The number of benzene rings is 1. The van der Waals surface area contributed by atoms with Crippen molar-refractivity contribution in [1.82, 2.24) is 5.32 Å². The first kappa shape index (κ1) is 9.58. The summed E-state index contributed by atoms with van der Waals surface area (Å²) in [4.78, 5) is 10.0. The molecule has 0 spiro atoms. The molecular formula is C10H13NO2. The molecule has 0 bridgehead atoms. The summed E-state index contributed by atoms with van der Waals surface area (Å²) in [6, 6.07) is 7.65. The maximum absolute atomic E-state index is 10.0. The molecule has 3 heteroatoms. The van der Waals surface area contributed by atoms with Gasteiger partial charge in [-0.25, -0.2) is 0 Å². The molecule has 0 unspecified atom stereocenters. The number of carbonyl (C=O) groups is 1. The minimum atomic E-state index is 0.565. The first-order valence-electron chi connectivity index (χ1n) is 4.25. The van der Waals surface area contributed by atoms with E-state index in [9.17, 15) is 4.79 Å². The van der Waals surface area contributed by atoms with Gasteiger partial charge in [0.2, 0.25) is 6.41 Å². The molecule has 0 aliphatic rings. The van der Waals surface area contributed by atoms with Crippen molar-refractivity contribution in [1.29, 1.82) is 0 Å². The van der Waals surface area contributed by atoms with Gasteiger partial charge < -0.3 is 10.1 Å². The van der Waals surface area contributed by atoms with Gasteiger partial charge in [-0.3, -0.25) is 4.79 Å². The first-order valence-corrected chi connectivity index (χ1v) is 4.25. The van der Waals surface area contributed by atoms with Crippen LogP contribution in [0, 0.1) is 0 Å². The van der Waals surface area contributed by atoms with Crippen LogP contribution in [-0.4, -0.2) is 13.0 Å². The summed E-state index contributed by atoms with van der Waals surface area (Å²) >= 11 is 0. The van der Waals surface area contributed by atoms with Crippen LogP contribution in [-0.2, 0) is 11.3 Å². The zero-order chi connectivity index (χ0) is 9.52. The van der Waals surface area contributed by atoms with Gasteiger partial charge in [-0.1, -0.05) is 12.1 Å². The van der Waals surface area contributed by atoms with E-state index in [4.69, 9.17) is 4.74 Å². The Morgan fingerprint density at radius 3 is 2.62 bits per heavy atom. The minimum Gasteiger partial charge on any atom is -0.494 e. The highest BCUT2D eigenvalue weighted by atomic mass is 16.5. The molecule has 0 saturated heterocycles. The molecule has 1 N–H and O–H groups in total. The zero-order valence-electron chi connectivity index (χ0n) is 7.62. The molecule has 0 atom stereocenters. The van der Waals surface area contributed by atoms with Crippen LogP contribution in [0.5, 0.6) is 5.75 Å². The van der Waals surface area contributed by atoms with E-state index in [1.165, 1.54) is 0 Å². The Labute approximate surface area is 77.7 Å². The summed E-state index contributed by atoms with van der Waals surface area (Å²) in [5.41, 5.74) is 1.07. The van der Waals surface area contributed by atoms with Gasteiger partial charge in [0, 0.05) is 6.54 Å². The van der Waals surface area contributed by atoms with Gasteiger partial charge in [0.1, 0.15) is 5.75 Å². The fourth-order valence-corrected chi connectivity index (χ4v) is 1.03. The van der Waals surface area contributed by atoms with Gasteiger partial charge in [-0.15, -0.1) is 0 Å². The SMILES string of the molecule is CCOc1ccc(CNC=O)cc1. The van der Waals surface area contributed by atoms with Gasteiger partial charge in [0.25, 0.3) is 0 Å². The maximum atomic E-state index is 10.0. The maximum Gasteiger partial charge on any atom is 0.207 e. The second kappa shape index (κ2) is 5.19. The predicted molar refractivity (Wildman–Crippen MR) is 50.5 cm³/mol. The first-order chi connectivity index (χ1) is 6.36. The Balaban J connectivity index is 2.53. The van der Waals surface area contributed by atoms with E-state index < -0.39 is 0 Å². The molecule has 3 nitrogen and oxygen atoms in total. The average molecular weight is 179 g/mol. The van der Waals surface area contributed by atoms with Crippen molar-refractivity contribution in [2.45, 2.75) is 13.5 Å². The minimum absolute atomic E-state index is 0.565. The Bertz CT molecular complexity index is 256. The number of nitrogens with one attached hydrogen (secondary N) is 1. The molecule has 13 heavy (non-hydrogen) atoms. The summed E-state index contributed by atoms with van der Waals surface area (Å²) in [6.07, 6.45) is 0.691. The van der Waals surface area contributed by atoms with E-state index in [0.29, 0.717) is 19.6 Å². The molecule has 0 saturated carbocycles. The molecule has 1 aromatic carbocycles. The third-order valence-electron chi connectivity index (χ3n) is 1.62. The lowest BCUT2D eigenvalue weighted by molar-refractivity contribution is -0.109. The van der Waals surface area contributed by atoms with Gasteiger partial charge in [0.15, 0.2) is 0 Å². The Morgan fingerprint density at radius 2 is 2.08 bits per heavy atom. The monoisotopic (exact) mass is 179 g/mol. The summed E-state index contributed by atoms with van der Waals surface area (Å²) < 4.78 is 5.28. The van der Waals surface area contributed by atoms with Crippen molar-refractivity contribution < 1.29 is 9.53 Å². The second-order valence-corrected chi connectivity index (χ2v) is 2.58. The zero-order valence-corrected chi connectivity index (χ0v) is 7.62.